The first-order valence-corrected chi connectivity index (χ1v) is 6.56. The summed E-state index contributed by atoms with van der Waals surface area (Å²) in [5, 5.41) is 0. The molecule has 0 aliphatic carbocycles. The fourth-order valence-corrected chi connectivity index (χ4v) is 2.33. The van der Waals surface area contributed by atoms with E-state index in [0.717, 1.165) is 11.6 Å². The van der Waals surface area contributed by atoms with Crippen LogP contribution in [0.5, 0.6) is 0 Å². The van der Waals surface area contributed by atoms with Gasteiger partial charge in [-0.25, -0.2) is 8.78 Å². The van der Waals surface area contributed by atoms with Crippen molar-refractivity contribution < 1.29 is 8.78 Å². The van der Waals surface area contributed by atoms with Gasteiger partial charge in [-0.2, -0.15) is 0 Å². The standard InChI is InChI=1S/C16H18F2N2/c17-14-7-6-12(9-15(14)18)13(10-19)16(20)8-11-4-2-1-3-5-11/h1-7,9,13,16H,8,10,19-20H2. The number of hydrogen-bond donors (Lipinski definition) is 2. The maximum absolute atomic E-state index is 13.3. The van der Waals surface area contributed by atoms with E-state index < -0.39 is 11.6 Å². The molecule has 20 heavy (non-hydrogen) atoms. The molecular weight excluding hydrogens is 258 g/mol. The lowest BCUT2D eigenvalue weighted by Gasteiger charge is -2.23. The third-order valence-corrected chi connectivity index (χ3v) is 3.46. The van der Waals surface area contributed by atoms with Crippen LogP contribution in [0.15, 0.2) is 48.5 Å². The van der Waals surface area contributed by atoms with Gasteiger partial charge in [0.25, 0.3) is 0 Å². The predicted octanol–water partition coefficient (Wildman–Crippen LogP) is 2.58. The van der Waals surface area contributed by atoms with Crippen LogP contribution in [-0.4, -0.2) is 12.6 Å². The van der Waals surface area contributed by atoms with Gasteiger partial charge in [-0.15, -0.1) is 0 Å². The van der Waals surface area contributed by atoms with E-state index in [1.165, 1.54) is 6.07 Å². The molecule has 4 heteroatoms. The molecule has 0 heterocycles. The molecule has 0 radical (unpaired) electrons. The molecule has 2 unspecified atom stereocenters. The van der Waals surface area contributed by atoms with Crippen LogP contribution in [0.25, 0.3) is 0 Å². The largest absolute Gasteiger partial charge is 0.330 e. The third kappa shape index (κ3) is 3.40. The maximum Gasteiger partial charge on any atom is 0.159 e. The quantitative estimate of drug-likeness (QED) is 0.882. The van der Waals surface area contributed by atoms with Crippen LogP contribution in [0, 0.1) is 11.6 Å². The van der Waals surface area contributed by atoms with Crippen molar-refractivity contribution in [3.8, 4) is 0 Å². The van der Waals surface area contributed by atoms with Gasteiger partial charge in [0.05, 0.1) is 0 Å². The Labute approximate surface area is 117 Å². The second-order valence-electron chi connectivity index (χ2n) is 4.87. The van der Waals surface area contributed by atoms with Crippen molar-refractivity contribution in [3.63, 3.8) is 0 Å². The molecule has 106 valence electrons. The molecule has 0 amide bonds. The fraction of sp³-hybridized carbons (Fsp3) is 0.250. The van der Waals surface area contributed by atoms with E-state index in [1.807, 2.05) is 30.3 Å². The number of benzene rings is 2. The van der Waals surface area contributed by atoms with Crippen LogP contribution in [-0.2, 0) is 6.42 Å². The highest BCUT2D eigenvalue weighted by molar-refractivity contribution is 5.25. The first kappa shape index (κ1) is 14.6. The van der Waals surface area contributed by atoms with Gasteiger partial charge in [0, 0.05) is 18.5 Å². The van der Waals surface area contributed by atoms with Crippen LogP contribution in [0.3, 0.4) is 0 Å². The van der Waals surface area contributed by atoms with Crippen molar-refractivity contribution in [2.24, 2.45) is 11.5 Å². The van der Waals surface area contributed by atoms with E-state index in [4.69, 9.17) is 11.5 Å². The fourth-order valence-electron chi connectivity index (χ4n) is 2.33. The van der Waals surface area contributed by atoms with Crippen molar-refractivity contribution in [2.45, 2.75) is 18.4 Å². The summed E-state index contributed by atoms with van der Waals surface area (Å²) in [5.41, 5.74) is 13.7. The summed E-state index contributed by atoms with van der Waals surface area (Å²) >= 11 is 0. The highest BCUT2D eigenvalue weighted by atomic mass is 19.2. The van der Waals surface area contributed by atoms with Gasteiger partial charge in [0.15, 0.2) is 11.6 Å². The molecular formula is C16H18F2N2. The van der Waals surface area contributed by atoms with E-state index >= 15 is 0 Å². The van der Waals surface area contributed by atoms with E-state index in [1.54, 1.807) is 6.07 Å². The number of nitrogens with two attached hydrogens (primary N) is 2. The average molecular weight is 276 g/mol. The summed E-state index contributed by atoms with van der Waals surface area (Å²) in [6, 6.07) is 13.4. The van der Waals surface area contributed by atoms with Crippen LogP contribution in [0.2, 0.25) is 0 Å². The van der Waals surface area contributed by atoms with E-state index in [0.29, 0.717) is 18.5 Å². The second kappa shape index (κ2) is 6.59. The van der Waals surface area contributed by atoms with E-state index in [-0.39, 0.29) is 12.0 Å². The molecule has 0 aliphatic rings. The Balaban J connectivity index is 2.16. The molecule has 2 rings (SSSR count). The number of halogens is 2. The monoisotopic (exact) mass is 276 g/mol. The molecule has 0 aromatic heterocycles. The molecule has 2 nitrogen and oxygen atoms in total. The molecule has 0 bridgehead atoms. The molecule has 0 fully saturated rings. The first-order chi connectivity index (χ1) is 9.61. The maximum atomic E-state index is 13.3. The molecule has 2 atom stereocenters. The first-order valence-electron chi connectivity index (χ1n) is 6.56. The Bertz CT molecular complexity index is 558. The normalized spacial score (nSPS) is 14.0. The zero-order valence-corrected chi connectivity index (χ0v) is 11.1. The molecule has 2 aromatic carbocycles. The van der Waals surface area contributed by atoms with Crippen LogP contribution < -0.4 is 11.5 Å². The molecule has 4 N–H and O–H groups in total. The summed E-state index contributed by atoms with van der Waals surface area (Å²) in [4.78, 5) is 0. The minimum Gasteiger partial charge on any atom is -0.330 e. The predicted molar refractivity (Wildman–Crippen MR) is 76.3 cm³/mol. The van der Waals surface area contributed by atoms with Crippen molar-refractivity contribution in [1.82, 2.24) is 0 Å². The topological polar surface area (TPSA) is 52.0 Å². The summed E-state index contributed by atoms with van der Waals surface area (Å²) in [7, 11) is 0. The van der Waals surface area contributed by atoms with Crippen molar-refractivity contribution in [1.29, 1.82) is 0 Å². The van der Waals surface area contributed by atoms with Gasteiger partial charge in [0.1, 0.15) is 0 Å². The SMILES string of the molecule is NCC(c1ccc(F)c(F)c1)C(N)Cc1ccccc1. The van der Waals surface area contributed by atoms with Gasteiger partial charge in [-0.3, -0.25) is 0 Å². The zero-order valence-electron chi connectivity index (χ0n) is 11.1. The van der Waals surface area contributed by atoms with E-state index in [9.17, 15) is 8.78 Å². The Kier molecular flexibility index (Phi) is 4.82. The van der Waals surface area contributed by atoms with Gasteiger partial charge < -0.3 is 11.5 Å². The summed E-state index contributed by atoms with van der Waals surface area (Å²) in [6.07, 6.45) is 0.641. The Morgan fingerprint density at radius 2 is 1.65 bits per heavy atom. The van der Waals surface area contributed by atoms with Crippen molar-refractivity contribution >= 4 is 0 Å². The minimum absolute atomic E-state index is 0.203. The summed E-state index contributed by atoms with van der Waals surface area (Å²) in [5.74, 6) is -1.93. The highest BCUT2D eigenvalue weighted by Gasteiger charge is 2.20. The Morgan fingerprint density at radius 3 is 2.25 bits per heavy atom. The lowest BCUT2D eigenvalue weighted by atomic mass is 9.88. The lowest BCUT2D eigenvalue weighted by molar-refractivity contribution is 0.495. The lowest BCUT2D eigenvalue weighted by Crippen LogP contribution is -2.35. The Hall–Kier alpha value is -1.78. The average Bonchev–Trinajstić information content (AvgIpc) is 2.44. The van der Waals surface area contributed by atoms with Crippen LogP contribution >= 0.6 is 0 Å². The van der Waals surface area contributed by atoms with E-state index in [2.05, 4.69) is 0 Å². The number of hydrogen-bond acceptors (Lipinski definition) is 2. The highest BCUT2D eigenvalue weighted by Crippen LogP contribution is 2.22. The van der Waals surface area contributed by atoms with Gasteiger partial charge >= 0.3 is 0 Å². The van der Waals surface area contributed by atoms with Crippen LogP contribution in [0.4, 0.5) is 8.78 Å². The third-order valence-electron chi connectivity index (χ3n) is 3.46. The molecule has 0 aliphatic heterocycles. The smallest absolute Gasteiger partial charge is 0.159 e. The van der Waals surface area contributed by atoms with Gasteiger partial charge in [0.2, 0.25) is 0 Å². The minimum atomic E-state index is -0.868. The van der Waals surface area contributed by atoms with Gasteiger partial charge in [-0.05, 0) is 29.7 Å². The molecule has 0 saturated carbocycles. The summed E-state index contributed by atoms with van der Waals surface area (Å²) in [6.45, 7) is 0.291. The van der Waals surface area contributed by atoms with Crippen molar-refractivity contribution in [2.75, 3.05) is 6.54 Å². The second-order valence-corrected chi connectivity index (χ2v) is 4.87. The zero-order chi connectivity index (χ0) is 14.5. The van der Waals surface area contributed by atoms with Crippen LogP contribution in [0.1, 0.15) is 17.0 Å². The van der Waals surface area contributed by atoms with Gasteiger partial charge in [-0.1, -0.05) is 36.4 Å². The van der Waals surface area contributed by atoms with Crippen molar-refractivity contribution in [3.05, 3.63) is 71.3 Å². The molecule has 0 spiro atoms. The Morgan fingerprint density at radius 1 is 0.950 bits per heavy atom. The molecule has 2 aromatic rings. The summed E-state index contributed by atoms with van der Waals surface area (Å²) < 4.78 is 26.3. The number of rotatable bonds is 5. The molecule has 0 saturated heterocycles.